The molecule has 0 atom stereocenters. The fourth-order valence-corrected chi connectivity index (χ4v) is 5.26. The fourth-order valence-electron chi connectivity index (χ4n) is 3.90. The second-order valence-corrected chi connectivity index (χ2v) is 9.15. The lowest BCUT2D eigenvalue weighted by Gasteiger charge is -2.24. The Bertz CT molecular complexity index is 1070. The Balaban J connectivity index is 1.84. The van der Waals surface area contributed by atoms with Crippen LogP contribution in [0.1, 0.15) is 50.2 Å². The highest BCUT2D eigenvalue weighted by molar-refractivity contribution is 8.26. The van der Waals surface area contributed by atoms with Crippen LogP contribution in [0.15, 0.2) is 28.0 Å². The number of nitrogens with one attached hydrogen (secondary N) is 1. The maximum atomic E-state index is 13.3. The van der Waals surface area contributed by atoms with Crippen LogP contribution in [0.3, 0.4) is 0 Å². The Morgan fingerprint density at radius 1 is 1.31 bits per heavy atom. The fraction of sp³-hybridized carbons (Fsp3) is 0.429. The van der Waals surface area contributed by atoms with Crippen molar-refractivity contribution in [2.75, 3.05) is 11.9 Å². The Hall–Kier alpha value is -2.19. The molecule has 2 aliphatic rings. The van der Waals surface area contributed by atoms with E-state index in [4.69, 9.17) is 17.2 Å². The minimum Gasteiger partial charge on any atom is -0.367 e. The highest BCUT2D eigenvalue weighted by atomic mass is 32.2. The van der Waals surface area contributed by atoms with Crippen molar-refractivity contribution in [3.63, 3.8) is 0 Å². The van der Waals surface area contributed by atoms with E-state index in [0.717, 1.165) is 18.4 Å². The number of thiocarbonyl (C=S) groups is 1. The summed E-state index contributed by atoms with van der Waals surface area (Å²) in [5.74, 6) is 0.401. The van der Waals surface area contributed by atoms with Crippen molar-refractivity contribution in [3.8, 4) is 0 Å². The normalized spacial score (nSPS) is 19.5. The van der Waals surface area contributed by atoms with Crippen LogP contribution < -0.4 is 10.9 Å². The molecule has 2 fully saturated rings. The molecule has 2 aromatic heterocycles. The lowest BCUT2D eigenvalue weighted by Crippen LogP contribution is -2.28. The number of amides is 1. The number of rotatable bonds is 4. The molecule has 1 amide bonds. The topological polar surface area (TPSA) is 66.7 Å². The van der Waals surface area contributed by atoms with Crippen molar-refractivity contribution in [1.82, 2.24) is 14.3 Å². The van der Waals surface area contributed by atoms with Gasteiger partial charge in [-0.3, -0.25) is 18.9 Å². The zero-order chi connectivity index (χ0) is 20.5. The number of pyridine rings is 1. The molecule has 1 N–H and O–H groups in total. The predicted molar refractivity (Wildman–Crippen MR) is 122 cm³/mol. The van der Waals surface area contributed by atoms with Gasteiger partial charge >= 0.3 is 0 Å². The predicted octanol–water partition coefficient (Wildman–Crippen LogP) is 3.97. The molecule has 6 nitrogen and oxygen atoms in total. The molecular formula is C21H24N4O2S2. The largest absolute Gasteiger partial charge is 0.367 e. The molecule has 8 heteroatoms. The molecule has 0 radical (unpaired) electrons. The number of likely N-dealkylation sites (N-methyl/N-ethyl adjacent to an activating group) is 1. The van der Waals surface area contributed by atoms with Gasteiger partial charge in [-0.15, -0.1) is 0 Å². The quantitative estimate of drug-likeness (QED) is 0.587. The molecule has 1 saturated carbocycles. The third kappa shape index (κ3) is 3.83. The first-order valence-corrected chi connectivity index (χ1v) is 11.3. The number of carbonyl (C=O) groups excluding carboxylic acids is 1. The number of hydrogen-bond acceptors (Lipinski definition) is 6. The number of aryl methyl sites for hydroxylation is 1. The van der Waals surface area contributed by atoms with Gasteiger partial charge in [-0.05, 0) is 44.4 Å². The third-order valence-corrected chi connectivity index (χ3v) is 6.87. The second kappa shape index (κ2) is 8.28. The van der Waals surface area contributed by atoms with Crippen LogP contribution >= 0.6 is 24.0 Å². The molecule has 0 aromatic carbocycles. The number of nitrogens with zero attached hydrogens (tertiary/aromatic N) is 3. The van der Waals surface area contributed by atoms with Gasteiger partial charge in [-0.2, -0.15) is 0 Å². The van der Waals surface area contributed by atoms with E-state index in [1.54, 1.807) is 21.6 Å². The molecule has 0 bridgehead atoms. The lowest BCUT2D eigenvalue weighted by atomic mass is 9.95. The lowest BCUT2D eigenvalue weighted by molar-refractivity contribution is -0.121. The van der Waals surface area contributed by atoms with E-state index in [0.29, 0.717) is 38.8 Å². The first-order valence-electron chi connectivity index (χ1n) is 10.0. The zero-order valence-electron chi connectivity index (χ0n) is 16.6. The summed E-state index contributed by atoms with van der Waals surface area (Å²) in [6, 6.07) is 4.07. The van der Waals surface area contributed by atoms with Gasteiger partial charge < -0.3 is 5.32 Å². The molecule has 1 aliphatic carbocycles. The zero-order valence-corrected chi connectivity index (χ0v) is 18.2. The molecule has 1 saturated heterocycles. The van der Waals surface area contributed by atoms with Gasteiger partial charge in [0.05, 0.1) is 10.5 Å². The van der Waals surface area contributed by atoms with Crippen LogP contribution in [-0.4, -0.2) is 37.1 Å². The minimum atomic E-state index is -0.182. The second-order valence-electron chi connectivity index (χ2n) is 7.47. The maximum absolute atomic E-state index is 13.3. The molecular weight excluding hydrogens is 404 g/mol. The van der Waals surface area contributed by atoms with Crippen molar-refractivity contribution in [3.05, 3.63) is 44.7 Å². The summed E-state index contributed by atoms with van der Waals surface area (Å²) in [7, 11) is 0. The van der Waals surface area contributed by atoms with E-state index in [9.17, 15) is 9.59 Å². The van der Waals surface area contributed by atoms with Gasteiger partial charge in [0.25, 0.3) is 11.5 Å². The van der Waals surface area contributed by atoms with Gasteiger partial charge in [0.2, 0.25) is 0 Å². The van der Waals surface area contributed by atoms with Crippen LogP contribution in [-0.2, 0) is 4.79 Å². The Morgan fingerprint density at radius 3 is 2.76 bits per heavy atom. The summed E-state index contributed by atoms with van der Waals surface area (Å²) < 4.78 is 2.07. The van der Waals surface area contributed by atoms with Crippen LogP contribution in [0.2, 0.25) is 0 Å². The van der Waals surface area contributed by atoms with E-state index >= 15 is 0 Å². The summed E-state index contributed by atoms with van der Waals surface area (Å²) >= 11 is 6.55. The average Bonchev–Trinajstić information content (AvgIpc) is 2.99. The van der Waals surface area contributed by atoms with E-state index in [1.165, 1.54) is 31.0 Å². The molecule has 3 heterocycles. The molecule has 29 heavy (non-hydrogen) atoms. The monoisotopic (exact) mass is 428 g/mol. The molecule has 2 aromatic rings. The Kier molecular flexibility index (Phi) is 5.74. The van der Waals surface area contributed by atoms with Crippen LogP contribution in [0.4, 0.5) is 5.82 Å². The summed E-state index contributed by atoms with van der Waals surface area (Å²) in [5.41, 5.74) is 1.79. The average molecular weight is 429 g/mol. The van der Waals surface area contributed by atoms with E-state index in [1.807, 2.05) is 26.0 Å². The smallest absolute Gasteiger partial charge is 0.267 e. The Labute approximate surface area is 179 Å². The molecule has 4 rings (SSSR count). The molecule has 0 unspecified atom stereocenters. The number of anilines is 1. The summed E-state index contributed by atoms with van der Waals surface area (Å²) in [6.07, 6.45) is 9.10. The summed E-state index contributed by atoms with van der Waals surface area (Å²) in [6.45, 7) is 4.35. The summed E-state index contributed by atoms with van der Waals surface area (Å²) in [5, 5.41) is 3.50. The number of hydrogen-bond donors (Lipinski definition) is 1. The van der Waals surface area contributed by atoms with Gasteiger partial charge in [-0.1, -0.05) is 49.3 Å². The van der Waals surface area contributed by atoms with Crippen LogP contribution in [0.25, 0.3) is 11.7 Å². The van der Waals surface area contributed by atoms with E-state index < -0.39 is 0 Å². The molecule has 152 valence electrons. The highest BCUT2D eigenvalue weighted by Gasteiger charge is 2.31. The van der Waals surface area contributed by atoms with Gasteiger partial charge in [0, 0.05) is 18.8 Å². The maximum Gasteiger partial charge on any atom is 0.267 e. The highest BCUT2D eigenvalue weighted by Crippen LogP contribution is 2.33. The van der Waals surface area contributed by atoms with Crippen molar-refractivity contribution in [2.45, 2.75) is 52.0 Å². The number of aromatic nitrogens is 2. The van der Waals surface area contributed by atoms with Crippen LogP contribution in [0.5, 0.6) is 0 Å². The van der Waals surface area contributed by atoms with E-state index in [2.05, 4.69) is 5.32 Å². The standard InChI is InChI=1S/C21H24N4O2S2/c1-3-24-20(27)16(29-21(24)28)12-15-17(22-14-9-5-4-6-10-14)23-18-13(2)8-7-11-25(18)19(15)26/h7-8,11-12,14,22H,3-6,9-10H2,1-2H3/b16-12+. The number of fused-ring (bicyclic) bond motifs is 1. The number of carbonyl (C=O) groups is 1. The SMILES string of the molecule is CCN1C(=O)/C(=C\c2c(NC3CCCCC3)nc3c(C)cccn3c2=O)SC1=S. The van der Waals surface area contributed by atoms with E-state index in [-0.39, 0.29) is 11.5 Å². The van der Waals surface area contributed by atoms with Crippen molar-refractivity contribution in [2.24, 2.45) is 0 Å². The number of thioether (sulfide) groups is 1. The summed E-state index contributed by atoms with van der Waals surface area (Å²) in [4.78, 5) is 32.8. The first-order chi connectivity index (χ1) is 14.0. The van der Waals surface area contributed by atoms with Crippen molar-refractivity contribution in [1.29, 1.82) is 0 Å². The van der Waals surface area contributed by atoms with Gasteiger partial charge in [0.1, 0.15) is 15.8 Å². The first kappa shape index (κ1) is 20.1. The third-order valence-electron chi connectivity index (χ3n) is 5.50. The Morgan fingerprint density at radius 2 is 2.07 bits per heavy atom. The van der Waals surface area contributed by atoms with Crippen LogP contribution in [0, 0.1) is 6.92 Å². The molecule has 0 spiro atoms. The molecule has 1 aliphatic heterocycles. The van der Waals surface area contributed by atoms with Gasteiger partial charge in [0.15, 0.2) is 0 Å². The van der Waals surface area contributed by atoms with Gasteiger partial charge in [-0.25, -0.2) is 4.98 Å². The minimum absolute atomic E-state index is 0.153. The van der Waals surface area contributed by atoms with Crippen molar-refractivity contribution < 1.29 is 4.79 Å². The van der Waals surface area contributed by atoms with Crippen molar-refractivity contribution >= 4 is 51.7 Å².